The van der Waals surface area contributed by atoms with E-state index >= 15 is 0 Å². The van der Waals surface area contributed by atoms with Crippen LogP contribution in [0.4, 0.5) is 0 Å². The first-order valence-corrected chi connectivity index (χ1v) is 8.10. The number of phenols is 1. The van der Waals surface area contributed by atoms with Gasteiger partial charge in [0, 0.05) is 11.8 Å². The second-order valence-corrected chi connectivity index (χ2v) is 6.25. The van der Waals surface area contributed by atoms with Gasteiger partial charge in [-0.25, -0.2) is 10.9 Å². The molecule has 0 saturated carbocycles. The summed E-state index contributed by atoms with van der Waals surface area (Å²) >= 11 is 0. The Labute approximate surface area is 145 Å². The Morgan fingerprint density at radius 3 is 2.40 bits per heavy atom. The summed E-state index contributed by atoms with van der Waals surface area (Å²) in [5.41, 5.74) is 14.9. The molecule has 1 saturated heterocycles. The molecule has 25 heavy (non-hydrogen) atoms. The van der Waals surface area contributed by atoms with Crippen molar-refractivity contribution in [2.24, 2.45) is 11.7 Å². The lowest BCUT2D eigenvalue weighted by Gasteiger charge is -2.35. The van der Waals surface area contributed by atoms with Gasteiger partial charge in [-0.3, -0.25) is 0 Å². The lowest BCUT2D eigenvalue weighted by molar-refractivity contribution is 0.0340. The summed E-state index contributed by atoms with van der Waals surface area (Å²) in [4.78, 5) is 0. The summed E-state index contributed by atoms with van der Waals surface area (Å²) in [7, 11) is 0. The molecule has 6 heteroatoms. The number of aromatic hydroxyl groups is 1. The highest BCUT2D eigenvalue weighted by Crippen LogP contribution is 2.47. The van der Waals surface area contributed by atoms with Crippen LogP contribution in [0.5, 0.6) is 5.75 Å². The van der Waals surface area contributed by atoms with Crippen molar-refractivity contribution in [2.75, 3.05) is 0 Å². The fourth-order valence-corrected chi connectivity index (χ4v) is 3.72. The highest BCUT2D eigenvalue weighted by molar-refractivity contribution is 5.43. The molecule has 0 amide bonds. The van der Waals surface area contributed by atoms with E-state index in [1.165, 1.54) is 0 Å². The van der Waals surface area contributed by atoms with Crippen LogP contribution in [0.3, 0.4) is 0 Å². The number of nitrogens with two attached hydrogens (primary N) is 1. The topological polar surface area (TPSA) is 103 Å². The Bertz CT molecular complexity index is 842. The third-order valence-corrected chi connectivity index (χ3v) is 4.86. The molecule has 5 N–H and O–H groups in total. The SMILES string of the molecule is N#CC1=C(N)OC2NNC(c3ccccc3)C2C1c1ccc(O)cc1. The van der Waals surface area contributed by atoms with Gasteiger partial charge in [-0.2, -0.15) is 5.26 Å². The number of nitrogens with zero attached hydrogens (tertiary/aromatic N) is 1. The molecular formula is C19H18N4O2. The van der Waals surface area contributed by atoms with Crippen molar-refractivity contribution in [1.82, 2.24) is 10.9 Å². The van der Waals surface area contributed by atoms with Gasteiger partial charge < -0.3 is 15.6 Å². The number of nitrogens with one attached hydrogen (secondary N) is 2. The Hall–Kier alpha value is -3.01. The molecule has 2 aliphatic rings. The molecule has 4 unspecified atom stereocenters. The summed E-state index contributed by atoms with van der Waals surface area (Å²) in [5.74, 6) is 0.0286. The molecule has 2 aromatic rings. The number of hydrazine groups is 1. The predicted octanol–water partition coefficient (Wildman–Crippen LogP) is 1.99. The van der Waals surface area contributed by atoms with E-state index in [-0.39, 0.29) is 35.7 Å². The second kappa shape index (κ2) is 6.13. The largest absolute Gasteiger partial charge is 0.508 e. The maximum Gasteiger partial charge on any atom is 0.200 e. The minimum absolute atomic E-state index is 0.0403. The monoisotopic (exact) mass is 334 g/mol. The van der Waals surface area contributed by atoms with Crippen molar-refractivity contribution in [3.63, 3.8) is 0 Å². The molecule has 126 valence electrons. The molecule has 2 aromatic carbocycles. The summed E-state index contributed by atoms with van der Waals surface area (Å²) in [6, 6.07) is 19.1. The van der Waals surface area contributed by atoms with Crippen molar-refractivity contribution < 1.29 is 9.84 Å². The zero-order valence-electron chi connectivity index (χ0n) is 13.4. The minimum Gasteiger partial charge on any atom is -0.508 e. The van der Waals surface area contributed by atoms with Gasteiger partial charge in [-0.1, -0.05) is 42.5 Å². The zero-order valence-corrected chi connectivity index (χ0v) is 13.4. The van der Waals surface area contributed by atoms with Crippen LogP contribution in [0.1, 0.15) is 23.1 Å². The van der Waals surface area contributed by atoms with Crippen molar-refractivity contribution in [2.45, 2.75) is 18.2 Å². The predicted molar refractivity (Wildman–Crippen MR) is 91.5 cm³/mol. The van der Waals surface area contributed by atoms with Crippen LogP contribution < -0.4 is 16.6 Å². The number of hydrogen-bond donors (Lipinski definition) is 4. The first-order valence-electron chi connectivity index (χ1n) is 8.10. The van der Waals surface area contributed by atoms with Crippen LogP contribution in [-0.2, 0) is 4.74 Å². The van der Waals surface area contributed by atoms with Crippen molar-refractivity contribution in [3.05, 3.63) is 77.2 Å². The van der Waals surface area contributed by atoms with Crippen molar-refractivity contribution in [3.8, 4) is 11.8 Å². The summed E-state index contributed by atoms with van der Waals surface area (Å²) in [5, 5.41) is 19.3. The quantitative estimate of drug-likeness (QED) is 0.670. The fraction of sp³-hybridized carbons (Fsp3) is 0.211. The van der Waals surface area contributed by atoms with Gasteiger partial charge in [0.1, 0.15) is 11.8 Å². The molecule has 1 fully saturated rings. The first-order chi connectivity index (χ1) is 12.2. The van der Waals surface area contributed by atoms with Crippen LogP contribution in [0.25, 0.3) is 0 Å². The summed E-state index contributed by atoms with van der Waals surface area (Å²) in [6.07, 6.45) is -0.346. The van der Waals surface area contributed by atoms with E-state index < -0.39 is 0 Å². The van der Waals surface area contributed by atoms with E-state index in [9.17, 15) is 10.4 Å². The summed E-state index contributed by atoms with van der Waals surface area (Å²) in [6.45, 7) is 0. The number of nitriles is 1. The third kappa shape index (κ3) is 2.60. The molecule has 2 aliphatic heterocycles. The lowest BCUT2D eigenvalue weighted by atomic mass is 9.74. The van der Waals surface area contributed by atoms with E-state index in [2.05, 4.69) is 16.9 Å². The molecule has 0 spiro atoms. The van der Waals surface area contributed by atoms with E-state index in [0.717, 1.165) is 11.1 Å². The van der Waals surface area contributed by atoms with Crippen molar-refractivity contribution in [1.29, 1.82) is 5.26 Å². The number of fused-ring (bicyclic) bond motifs is 1. The average molecular weight is 334 g/mol. The zero-order chi connectivity index (χ0) is 17.4. The number of rotatable bonds is 2. The molecular weight excluding hydrogens is 316 g/mol. The molecule has 0 radical (unpaired) electrons. The van der Waals surface area contributed by atoms with Gasteiger partial charge in [0.15, 0.2) is 6.23 Å². The normalized spacial score (nSPS) is 28.1. The van der Waals surface area contributed by atoms with Gasteiger partial charge in [-0.15, -0.1) is 0 Å². The van der Waals surface area contributed by atoms with Crippen LogP contribution in [0.2, 0.25) is 0 Å². The maximum atomic E-state index is 9.67. The average Bonchev–Trinajstić information content (AvgIpc) is 3.05. The van der Waals surface area contributed by atoms with Gasteiger partial charge in [0.2, 0.25) is 5.88 Å². The Kier molecular flexibility index (Phi) is 3.80. The second-order valence-electron chi connectivity index (χ2n) is 6.25. The highest BCUT2D eigenvalue weighted by atomic mass is 16.5. The molecule has 4 atom stereocenters. The number of allylic oxidation sites excluding steroid dienone is 1. The number of phenolic OH excluding ortho intramolecular Hbond substituents is 1. The minimum atomic E-state index is -0.346. The molecule has 2 heterocycles. The van der Waals surface area contributed by atoms with E-state index in [4.69, 9.17) is 10.5 Å². The van der Waals surface area contributed by atoms with E-state index in [1.807, 2.05) is 42.5 Å². The van der Waals surface area contributed by atoms with Gasteiger partial charge >= 0.3 is 0 Å². The molecule has 0 bridgehead atoms. The van der Waals surface area contributed by atoms with Gasteiger partial charge in [-0.05, 0) is 23.3 Å². The standard InChI is InChI=1S/C19H18N4O2/c20-10-14-15(11-6-8-13(24)9-7-11)16-17(12-4-2-1-3-5-12)22-23-19(16)25-18(14)21/h1-9,15-17,19,22-24H,21H2. The Balaban J connectivity index is 1.82. The Morgan fingerprint density at radius 1 is 1.00 bits per heavy atom. The smallest absolute Gasteiger partial charge is 0.200 e. The van der Waals surface area contributed by atoms with Crippen LogP contribution in [0, 0.1) is 17.2 Å². The van der Waals surface area contributed by atoms with Gasteiger partial charge in [0.25, 0.3) is 0 Å². The molecule has 6 nitrogen and oxygen atoms in total. The highest BCUT2D eigenvalue weighted by Gasteiger charge is 2.49. The lowest BCUT2D eigenvalue weighted by Crippen LogP contribution is -2.40. The van der Waals surface area contributed by atoms with Crippen molar-refractivity contribution >= 4 is 0 Å². The third-order valence-electron chi connectivity index (χ3n) is 4.86. The van der Waals surface area contributed by atoms with E-state index in [1.54, 1.807) is 12.1 Å². The van der Waals surface area contributed by atoms with Crippen LogP contribution in [-0.4, -0.2) is 11.3 Å². The fourth-order valence-electron chi connectivity index (χ4n) is 3.72. The van der Waals surface area contributed by atoms with E-state index in [0.29, 0.717) is 5.57 Å². The molecule has 0 aromatic heterocycles. The Morgan fingerprint density at radius 2 is 1.72 bits per heavy atom. The molecule has 0 aliphatic carbocycles. The maximum absolute atomic E-state index is 9.67. The van der Waals surface area contributed by atoms with Crippen LogP contribution in [0.15, 0.2) is 66.1 Å². The molecule has 4 rings (SSSR count). The number of benzene rings is 2. The number of ether oxygens (including phenoxy) is 1. The number of hydrogen-bond acceptors (Lipinski definition) is 6. The summed E-state index contributed by atoms with van der Waals surface area (Å²) < 4.78 is 5.75. The van der Waals surface area contributed by atoms with Gasteiger partial charge in [0.05, 0.1) is 11.6 Å². The van der Waals surface area contributed by atoms with Crippen LogP contribution >= 0.6 is 0 Å². The first kappa shape index (κ1) is 15.5.